The Bertz CT molecular complexity index is 219. The van der Waals surface area contributed by atoms with E-state index in [9.17, 15) is 0 Å². The summed E-state index contributed by atoms with van der Waals surface area (Å²) in [4.78, 5) is 2.59. The van der Waals surface area contributed by atoms with Crippen molar-refractivity contribution in [3.8, 4) is 0 Å². The number of hydrogen-bond donors (Lipinski definition) is 1. The van der Waals surface area contributed by atoms with E-state index in [0.29, 0.717) is 18.2 Å². The monoisotopic (exact) mass is 256 g/mol. The number of rotatable bonds is 6. The average Bonchev–Trinajstić information content (AvgIpc) is 2.40. The molecule has 1 aliphatic rings. The van der Waals surface area contributed by atoms with E-state index >= 15 is 0 Å². The third-order valence-corrected chi connectivity index (χ3v) is 3.66. The van der Waals surface area contributed by atoms with Gasteiger partial charge in [-0.2, -0.15) is 0 Å². The van der Waals surface area contributed by atoms with Crippen LogP contribution in [0.4, 0.5) is 0 Å². The third kappa shape index (κ3) is 6.17. The Labute approximate surface area is 113 Å². The van der Waals surface area contributed by atoms with E-state index < -0.39 is 0 Å². The van der Waals surface area contributed by atoms with E-state index in [1.807, 2.05) is 0 Å². The van der Waals surface area contributed by atoms with Crippen molar-refractivity contribution in [3.05, 3.63) is 0 Å². The first-order valence-corrected chi connectivity index (χ1v) is 7.58. The zero-order valence-electron chi connectivity index (χ0n) is 12.9. The second kappa shape index (κ2) is 8.13. The van der Waals surface area contributed by atoms with Gasteiger partial charge in [0.2, 0.25) is 0 Å². The molecule has 1 aliphatic heterocycles. The minimum absolute atomic E-state index is 0.344. The van der Waals surface area contributed by atoms with Gasteiger partial charge in [0.25, 0.3) is 0 Å². The predicted molar refractivity (Wildman–Crippen MR) is 78.0 cm³/mol. The van der Waals surface area contributed by atoms with Gasteiger partial charge in [0, 0.05) is 25.2 Å². The molecule has 0 aromatic heterocycles. The van der Waals surface area contributed by atoms with Crippen molar-refractivity contribution < 1.29 is 4.74 Å². The van der Waals surface area contributed by atoms with Crippen LogP contribution in [0, 0.1) is 5.92 Å². The highest BCUT2D eigenvalue weighted by atomic mass is 16.5. The van der Waals surface area contributed by atoms with Gasteiger partial charge in [-0.15, -0.1) is 0 Å². The lowest BCUT2D eigenvalue weighted by Gasteiger charge is -2.29. The van der Waals surface area contributed by atoms with Crippen molar-refractivity contribution in [2.75, 3.05) is 26.2 Å². The summed E-state index contributed by atoms with van der Waals surface area (Å²) in [6.07, 6.45) is 2.86. The molecule has 2 unspecified atom stereocenters. The van der Waals surface area contributed by atoms with E-state index in [1.165, 1.54) is 19.4 Å². The van der Waals surface area contributed by atoms with Crippen LogP contribution in [0.3, 0.4) is 0 Å². The highest BCUT2D eigenvalue weighted by molar-refractivity contribution is 4.81. The first-order valence-electron chi connectivity index (χ1n) is 7.58. The normalized spacial score (nSPS) is 26.8. The maximum Gasteiger partial charge on any atom is 0.0597 e. The van der Waals surface area contributed by atoms with Gasteiger partial charge in [-0.1, -0.05) is 13.8 Å². The van der Waals surface area contributed by atoms with Gasteiger partial charge in [0.05, 0.1) is 12.7 Å². The minimum atomic E-state index is 0.344. The molecule has 18 heavy (non-hydrogen) atoms. The lowest BCUT2D eigenvalue weighted by molar-refractivity contribution is 0.0497. The zero-order chi connectivity index (χ0) is 13.5. The third-order valence-electron chi connectivity index (χ3n) is 3.66. The number of nitrogens with one attached hydrogen (secondary N) is 1. The summed E-state index contributed by atoms with van der Waals surface area (Å²) in [5.41, 5.74) is 0. The van der Waals surface area contributed by atoms with Gasteiger partial charge in [-0.25, -0.2) is 0 Å². The summed E-state index contributed by atoms with van der Waals surface area (Å²) in [7, 11) is 0. The summed E-state index contributed by atoms with van der Waals surface area (Å²) in [5, 5.41) is 3.69. The molecule has 108 valence electrons. The quantitative estimate of drug-likeness (QED) is 0.790. The molecule has 0 spiro atoms. The Morgan fingerprint density at radius 3 is 2.61 bits per heavy atom. The maximum atomic E-state index is 5.69. The van der Waals surface area contributed by atoms with Gasteiger partial charge < -0.3 is 10.1 Å². The van der Waals surface area contributed by atoms with Crippen LogP contribution < -0.4 is 5.32 Å². The molecule has 0 radical (unpaired) electrons. The van der Waals surface area contributed by atoms with Crippen LogP contribution in [0.25, 0.3) is 0 Å². The van der Waals surface area contributed by atoms with E-state index in [2.05, 4.69) is 44.8 Å². The molecule has 0 saturated carbocycles. The molecule has 3 nitrogen and oxygen atoms in total. The molecule has 0 aromatic carbocycles. The molecule has 0 aromatic rings. The summed E-state index contributed by atoms with van der Waals surface area (Å²) < 4.78 is 5.69. The van der Waals surface area contributed by atoms with Crippen molar-refractivity contribution in [2.24, 2.45) is 5.92 Å². The number of hydrogen-bond acceptors (Lipinski definition) is 3. The Kier molecular flexibility index (Phi) is 7.20. The van der Waals surface area contributed by atoms with Crippen LogP contribution in [-0.2, 0) is 4.74 Å². The van der Waals surface area contributed by atoms with Crippen molar-refractivity contribution in [1.82, 2.24) is 10.2 Å². The first kappa shape index (κ1) is 15.9. The molecule has 1 heterocycles. The predicted octanol–water partition coefficient (Wildman–Crippen LogP) is 2.51. The van der Waals surface area contributed by atoms with Crippen LogP contribution in [0.1, 0.15) is 47.5 Å². The van der Waals surface area contributed by atoms with E-state index in [4.69, 9.17) is 4.74 Å². The average molecular weight is 256 g/mol. The van der Waals surface area contributed by atoms with Crippen LogP contribution in [0.2, 0.25) is 0 Å². The molecule has 1 fully saturated rings. The molecule has 3 heteroatoms. The largest absolute Gasteiger partial charge is 0.377 e. The molecule has 1 saturated heterocycles. The summed E-state index contributed by atoms with van der Waals surface area (Å²) >= 11 is 0. The number of nitrogens with zero attached hydrogens (tertiary/aromatic N) is 1. The molecular weight excluding hydrogens is 224 g/mol. The van der Waals surface area contributed by atoms with Crippen LogP contribution in [0.5, 0.6) is 0 Å². The van der Waals surface area contributed by atoms with Gasteiger partial charge in [-0.05, 0) is 46.1 Å². The summed E-state index contributed by atoms with van der Waals surface area (Å²) in [6, 6.07) is 1.32. The fraction of sp³-hybridized carbons (Fsp3) is 1.00. The molecule has 0 aliphatic carbocycles. The highest BCUT2D eigenvalue weighted by Gasteiger charge is 2.22. The van der Waals surface area contributed by atoms with Gasteiger partial charge in [0.1, 0.15) is 0 Å². The van der Waals surface area contributed by atoms with Crippen molar-refractivity contribution >= 4 is 0 Å². The number of ether oxygens (including phenoxy) is 1. The smallest absolute Gasteiger partial charge is 0.0597 e. The highest BCUT2D eigenvalue weighted by Crippen LogP contribution is 2.13. The Morgan fingerprint density at radius 1 is 1.28 bits per heavy atom. The van der Waals surface area contributed by atoms with Crippen LogP contribution >= 0.6 is 0 Å². The van der Waals surface area contributed by atoms with Crippen LogP contribution in [0.15, 0.2) is 0 Å². The second-order valence-electron chi connectivity index (χ2n) is 6.33. The minimum Gasteiger partial charge on any atom is -0.377 e. The topological polar surface area (TPSA) is 24.5 Å². The molecule has 1 N–H and O–H groups in total. The summed E-state index contributed by atoms with van der Waals surface area (Å²) in [6.45, 7) is 15.4. The lowest BCUT2D eigenvalue weighted by Crippen LogP contribution is -2.42. The Morgan fingerprint density at radius 2 is 2.00 bits per heavy atom. The Hall–Kier alpha value is -0.120. The lowest BCUT2D eigenvalue weighted by atomic mass is 10.0. The molecule has 2 atom stereocenters. The van der Waals surface area contributed by atoms with Gasteiger partial charge in [0.15, 0.2) is 0 Å². The maximum absolute atomic E-state index is 5.69. The standard InChI is InChI=1S/C15H32N2O/c1-12(2)10-15-11-17(8-9-18-13(3)4)14(5)6-7-16-15/h12-16H,6-11H2,1-5H3. The van der Waals surface area contributed by atoms with Crippen molar-refractivity contribution in [3.63, 3.8) is 0 Å². The van der Waals surface area contributed by atoms with E-state index in [-0.39, 0.29) is 0 Å². The van der Waals surface area contributed by atoms with Gasteiger partial charge in [-0.3, -0.25) is 4.90 Å². The second-order valence-corrected chi connectivity index (χ2v) is 6.33. The van der Waals surface area contributed by atoms with E-state index in [0.717, 1.165) is 25.6 Å². The molecule has 0 amide bonds. The SMILES string of the molecule is CC(C)CC1CN(CCOC(C)C)C(C)CCN1. The van der Waals surface area contributed by atoms with Crippen molar-refractivity contribution in [2.45, 2.75) is 65.6 Å². The summed E-state index contributed by atoms with van der Waals surface area (Å²) in [5.74, 6) is 0.768. The van der Waals surface area contributed by atoms with Crippen LogP contribution in [-0.4, -0.2) is 49.3 Å². The molecule has 0 bridgehead atoms. The molecular formula is C15H32N2O. The zero-order valence-corrected chi connectivity index (χ0v) is 12.9. The van der Waals surface area contributed by atoms with E-state index in [1.54, 1.807) is 0 Å². The first-order chi connectivity index (χ1) is 8.49. The molecule has 1 rings (SSSR count). The van der Waals surface area contributed by atoms with Gasteiger partial charge >= 0.3 is 0 Å². The fourth-order valence-electron chi connectivity index (χ4n) is 2.65. The fourth-order valence-corrected chi connectivity index (χ4v) is 2.65. The van der Waals surface area contributed by atoms with Crippen molar-refractivity contribution in [1.29, 1.82) is 0 Å². The Balaban J connectivity index is 2.40.